The van der Waals surface area contributed by atoms with Crippen molar-refractivity contribution in [1.29, 1.82) is 5.26 Å². The Kier molecular flexibility index (Phi) is 2.85. The molecule has 0 spiro atoms. The van der Waals surface area contributed by atoms with E-state index >= 15 is 0 Å². The van der Waals surface area contributed by atoms with Gasteiger partial charge in [0, 0.05) is 6.54 Å². The number of nitriles is 1. The molecular weight excluding hydrogens is 180 g/mol. The molecule has 1 rings (SSSR count). The molecule has 0 aromatic heterocycles. The number of aryl methyl sites for hydroxylation is 1. The molecule has 0 aliphatic rings. The van der Waals surface area contributed by atoms with Crippen molar-refractivity contribution < 1.29 is 9.90 Å². The minimum absolute atomic E-state index is 0.0231. The highest BCUT2D eigenvalue weighted by molar-refractivity contribution is 5.92. The Bertz CT molecular complexity index is 419. The summed E-state index contributed by atoms with van der Waals surface area (Å²) >= 11 is 0. The summed E-state index contributed by atoms with van der Waals surface area (Å²) in [5.74, 6) is -1.11. The van der Waals surface area contributed by atoms with Crippen LogP contribution in [0.15, 0.2) is 12.1 Å². The highest BCUT2D eigenvalue weighted by atomic mass is 16.4. The molecule has 1 aromatic carbocycles. The van der Waals surface area contributed by atoms with E-state index in [0.717, 1.165) is 5.56 Å². The molecule has 3 N–H and O–H groups in total. The van der Waals surface area contributed by atoms with Gasteiger partial charge in [0.05, 0.1) is 11.1 Å². The maximum atomic E-state index is 10.9. The van der Waals surface area contributed by atoms with E-state index in [4.69, 9.17) is 16.1 Å². The lowest BCUT2D eigenvalue weighted by Crippen LogP contribution is -2.11. The van der Waals surface area contributed by atoms with Gasteiger partial charge in [0.1, 0.15) is 6.07 Å². The summed E-state index contributed by atoms with van der Waals surface area (Å²) in [6, 6.07) is 5.04. The highest BCUT2D eigenvalue weighted by Gasteiger charge is 2.16. The number of rotatable bonds is 2. The van der Waals surface area contributed by atoms with Crippen LogP contribution in [0.25, 0.3) is 0 Å². The molecule has 1 aromatic rings. The van der Waals surface area contributed by atoms with Gasteiger partial charge in [-0.1, -0.05) is 6.07 Å². The summed E-state index contributed by atoms with van der Waals surface area (Å²) in [6.07, 6.45) is 0. The molecule has 0 saturated carbocycles. The Labute approximate surface area is 81.6 Å². The zero-order valence-corrected chi connectivity index (χ0v) is 7.74. The Morgan fingerprint density at radius 3 is 2.71 bits per heavy atom. The fraction of sp³-hybridized carbons (Fsp3) is 0.200. The molecule has 72 valence electrons. The second-order valence-electron chi connectivity index (χ2n) is 2.90. The second kappa shape index (κ2) is 3.90. The van der Waals surface area contributed by atoms with Crippen LogP contribution in [0.5, 0.6) is 0 Å². The molecule has 0 fully saturated rings. The number of carbonyl (C=O) groups is 1. The zero-order chi connectivity index (χ0) is 10.7. The number of benzene rings is 1. The van der Waals surface area contributed by atoms with Crippen LogP contribution >= 0.6 is 0 Å². The van der Waals surface area contributed by atoms with Crippen molar-refractivity contribution in [3.05, 3.63) is 34.4 Å². The van der Waals surface area contributed by atoms with Gasteiger partial charge in [0.15, 0.2) is 0 Å². The summed E-state index contributed by atoms with van der Waals surface area (Å²) in [5, 5.41) is 17.7. The van der Waals surface area contributed by atoms with Crippen LogP contribution < -0.4 is 5.73 Å². The fourth-order valence-corrected chi connectivity index (χ4v) is 1.35. The molecule has 0 atom stereocenters. The summed E-state index contributed by atoms with van der Waals surface area (Å²) in [6.45, 7) is 1.90. The first-order chi connectivity index (χ1) is 6.61. The van der Waals surface area contributed by atoms with E-state index < -0.39 is 5.97 Å². The molecular formula is C10H10N2O2. The van der Waals surface area contributed by atoms with Gasteiger partial charge in [-0.3, -0.25) is 0 Å². The smallest absolute Gasteiger partial charge is 0.337 e. The van der Waals surface area contributed by atoms with Gasteiger partial charge in [0.25, 0.3) is 0 Å². The minimum Gasteiger partial charge on any atom is -0.478 e. The van der Waals surface area contributed by atoms with Crippen molar-refractivity contribution >= 4 is 5.97 Å². The largest absolute Gasteiger partial charge is 0.478 e. The Hall–Kier alpha value is -1.86. The number of hydrogen-bond acceptors (Lipinski definition) is 3. The Morgan fingerprint density at radius 1 is 1.64 bits per heavy atom. The molecule has 0 heterocycles. The van der Waals surface area contributed by atoms with Gasteiger partial charge in [0.2, 0.25) is 0 Å². The van der Waals surface area contributed by atoms with Crippen molar-refractivity contribution in [3.8, 4) is 6.07 Å². The van der Waals surface area contributed by atoms with Crippen molar-refractivity contribution in [2.75, 3.05) is 0 Å². The monoisotopic (exact) mass is 190 g/mol. The maximum Gasteiger partial charge on any atom is 0.337 e. The Balaban J connectivity index is 3.54. The minimum atomic E-state index is -1.11. The van der Waals surface area contributed by atoms with Gasteiger partial charge in [-0.05, 0) is 24.1 Å². The topological polar surface area (TPSA) is 87.1 Å². The van der Waals surface area contributed by atoms with Crippen LogP contribution in [0.2, 0.25) is 0 Å². The van der Waals surface area contributed by atoms with E-state index in [2.05, 4.69) is 0 Å². The molecule has 0 bridgehead atoms. The number of nitrogens with two attached hydrogens (primary N) is 1. The lowest BCUT2D eigenvalue weighted by atomic mass is 9.97. The fourth-order valence-electron chi connectivity index (χ4n) is 1.35. The molecule has 0 unspecified atom stereocenters. The number of carboxylic acids is 1. The van der Waals surface area contributed by atoms with Gasteiger partial charge >= 0.3 is 5.97 Å². The van der Waals surface area contributed by atoms with Crippen molar-refractivity contribution in [2.45, 2.75) is 13.5 Å². The van der Waals surface area contributed by atoms with Gasteiger partial charge in [-0.2, -0.15) is 5.26 Å². The van der Waals surface area contributed by atoms with Crippen LogP contribution in [0.4, 0.5) is 0 Å². The predicted molar refractivity (Wildman–Crippen MR) is 50.7 cm³/mol. The van der Waals surface area contributed by atoms with Crippen LogP contribution in [-0.4, -0.2) is 11.1 Å². The van der Waals surface area contributed by atoms with Crippen molar-refractivity contribution in [3.63, 3.8) is 0 Å². The first-order valence-corrected chi connectivity index (χ1v) is 4.07. The third-order valence-corrected chi connectivity index (χ3v) is 2.09. The number of carboxylic acid groups (broad SMARTS) is 1. The van der Waals surface area contributed by atoms with Crippen LogP contribution in [0, 0.1) is 18.3 Å². The van der Waals surface area contributed by atoms with E-state index in [0.29, 0.717) is 5.56 Å². The van der Waals surface area contributed by atoms with Gasteiger partial charge < -0.3 is 10.8 Å². The van der Waals surface area contributed by atoms with E-state index in [1.165, 1.54) is 6.07 Å². The van der Waals surface area contributed by atoms with Crippen molar-refractivity contribution in [1.82, 2.24) is 0 Å². The summed E-state index contributed by atoms with van der Waals surface area (Å²) in [4.78, 5) is 10.9. The molecule has 0 saturated heterocycles. The number of aromatic carboxylic acids is 1. The van der Waals surface area contributed by atoms with E-state index in [1.54, 1.807) is 13.0 Å². The van der Waals surface area contributed by atoms with E-state index in [1.807, 2.05) is 6.07 Å². The third-order valence-electron chi connectivity index (χ3n) is 2.09. The van der Waals surface area contributed by atoms with E-state index in [9.17, 15) is 4.79 Å². The molecule has 14 heavy (non-hydrogen) atoms. The summed E-state index contributed by atoms with van der Waals surface area (Å²) in [5.41, 5.74) is 6.94. The lowest BCUT2D eigenvalue weighted by molar-refractivity contribution is 0.0695. The average molecular weight is 190 g/mol. The zero-order valence-electron chi connectivity index (χ0n) is 7.74. The second-order valence-corrected chi connectivity index (χ2v) is 2.90. The molecule has 0 radical (unpaired) electrons. The van der Waals surface area contributed by atoms with E-state index in [-0.39, 0.29) is 17.7 Å². The highest BCUT2D eigenvalue weighted by Crippen LogP contribution is 2.18. The predicted octanol–water partition coefficient (Wildman–Crippen LogP) is 1.02. The normalized spacial score (nSPS) is 9.50. The maximum absolute atomic E-state index is 10.9. The van der Waals surface area contributed by atoms with Gasteiger partial charge in [-0.15, -0.1) is 0 Å². The van der Waals surface area contributed by atoms with Crippen LogP contribution in [0.3, 0.4) is 0 Å². The Morgan fingerprint density at radius 2 is 2.29 bits per heavy atom. The number of hydrogen-bond donors (Lipinski definition) is 2. The molecule has 0 aliphatic heterocycles. The van der Waals surface area contributed by atoms with Crippen LogP contribution in [-0.2, 0) is 6.54 Å². The third kappa shape index (κ3) is 1.58. The summed E-state index contributed by atoms with van der Waals surface area (Å²) < 4.78 is 0. The van der Waals surface area contributed by atoms with Crippen molar-refractivity contribution in [2.24, 2.45) is 5.73 Å². The standard InChI is InChI=1S/C10H10N2O2/c1-6-2-3-7(4-11)9(10(13)14)8(6)5-12/h2-3H,5,12H2,1H3,(H,13,14). The molecule has 0 amide bonds. The van der Waals surface area contributed by atoms with Crippen LogP contribution in [0.1, 0.15) is 27.0 Å². The van der Waals surface area contributed by atoms with Gasteiger partial charge in [-0.25, -0.2) is 4.79 Å². The first kappa shape index (κ1) is 10.2. The lowest BCUT2D eigenvalue weighted by Gasteiger charge is -2.08. The number of nitrogens with zero attached hydrogens (tertiary/aromatic N) is 1. The first-order valence-electron chi connectivity index (χ1n) is 4.07. The molecule has 4 nitrogen and oxygen atoms in total. The summed E-state index contributed by atoms with van der Waals surface area (Å²) in [7, 11) is 0. The SMILES string of the molecule is Cc1ccc(C#N)c(C(=O)O)c1CN. The molecule has 0 aliphatic carbocycles. The molecule has 4 heteroatoms. The quantitative estimate of drug-likeness (QED) is 0.728. The average Bonchev–Trinajstić information content (AvgIpc) is 2.17.